The average molecular weight is 800 g/mol. The fourth-order valence-corrected chi connectivity index (χ4v) is 9.21. The number of benzene rings is 3. The zero-order chi connectivity index (χ0) is 41.8. The van der Waals surface area contributed by atoms with Gasteiger partial charge in [0.05, 0.1) is 43.0 Å². The van der Waals surface area contributed by atoms with Crippen molar-refractivity contribution in [2.24, 2.45) is 17.3 Å². The number of alkyl carbamates (subject to hydrolysis) is 1. The van der Waals surface area contributed by atoms with Gasteiger partial charge in [-0.25, -0.2) is 19.6 Å². The number of carbonyl (C=O) groups excluding carboxylic acids is 3. The van der Waals surface area contributed by atoms with E-state index in [4.69, 9.17) is 19.4 Å². The van der Waals surface area contributed by atoms with Crippen LogP contribution in [0.5, 0.6) is 0 Å². The molecule has 1 saturated carbocycles. The summed E-state index contributed by atoms with van der Waals surface area (Å²) < 4.78 is 10.6. The lowest BCUT2D eigenvalue weighted by molar-refractivity contribution is -0.137. The van der Waals surface area contributed by atoms with Gasteiger partial charge in [-0.2, -0.15) is 0 Å². The molecule has 3 N–H and O–H groups in total. The molecule has 310 valence electrons. The van der Waals surface area contributed by atoms with E-state index in [2.05, 4.69) is 89.8 Å². The van der Waals surface area contributed by atoms with Gasteiger partial charge in [0, 0.05) is 18.2 Å². The average Bonchev–Trinajstić information content (AvgIpc) is 3.64. The number of hydrogen-bond acceptors (Lipinski definition) is 7. The highest BCUT2D eigenvalue weighted by Crippen LogP contribution is 2.58. The van der Waals surface area contributed by atoms with Gasteiger partial charge in [-0.15, -0.1) is 0 Å². The largest absolute Gasteiger partial charge is 0.453 e. The molecule has 8 rings (SSSR count). The van der Waals surface area contributed by atoms with Crippen LogP contribution >= 0.6 is 0 Å². The Bertz CT molecular complexity index is 2350. The number of carbonyl (C=O) groups is 3. The Morgan fingerprint density at radius 1 is 0.881 bits per heavy atom. The molecule has 5 unspecified atom stereocenters. The molecule has 2 aromatic heterocycles. The van der Waals surface area contributed by atoms with E-state index in [9.17, 15) is 14.4 Å². The minimum absolute atomic E-state index is 0.00643. The molecule has 3 aromatic carbocycles. The predicted octanol–water partition coefficient (Wildman–Crippen LogP) is 9.82. The van der Waals surface area contributed by atoms with Crippen LogP contribution < -0.4 is 5.32 Å². The summed E-state index contributed by atoms with van der Waals surface area (Å²) in [6.07, 6.45) is 7.77. The van der Waals surface area contributed by atoms with Gasteiger partial charge in [0.1, 0.15) is 23.3 Å². The van der Waals surface area contributed by atoms with Gasteiger partial charge in [-0.05, 0) is 110 Å². The van der Waals surface area contributed by atoms with Crippen molar-refractivity contribution in [2.75, 3.05) is 13.7 Å². The van der Waals surface area contributed by atoms with E-state index in [0.717, 1.165) is 88.2 Å². The first-order valence-corrected chi connectivity index (χ1v) is 21.1. The molecule has 3 aliphatic rings. The van der Waals surface area contributed by atoms with Gasteiger partial charge in [-0.1, -0.05) is 75.7 Å². The van der Waals surface area contributed by atoms with Crippen LogP contribution in [-0.2, 0) is 14.3 Å². The lowest BCUT2D eigenvalue weighted by Crippen LogP contribution is -2.52. The Kier molecular flexibility index (Phi) is 10.6. The SMILES string of the molecule is CCC1CC(C)N(C(=O)C(NC(=O)OC)C(C)C)C1c1ncc(-c2ccc(-c3ccc4cc(-c5cnc(C6CC7(CC7)CN6C(=O)OC(C)(C)C)[nH]5)ccc4c3)cc2)[nH]1. The Balaban J connectivity index is 0.975. The van der Waals surface area contributed by atoms with E-state index in [-0.39, 0.29) is 47.4 Å². The molecular weight excluding hydrogens is 743 g/mol. The molecule has 59 heavy (non-hydrogen) atoms. The number of H-pyrrole nitrogens is 2. The quantitative estimate of drug-likeness (QED) is 0.135. The molecule has 4 heterocycles. The zero-order valence-electron chi connectivity index (χ0n) is 35.5. The number of hydrogen-bond donors (Lipinski definition) is 3. The summed E-state index contributed by atoms with van der Waals surface area (Å²) in [5.41, 5.74) is 5.70. The van der Waals surface area contributed by atoms with E-state index < -0.39 is 17.7 Å². The van der Waals surface area contributed by atoms with Crippen molar-refractivity contribution in [3.63, 3.8) is 0 Å². The van der Waals surface area contributed by atoms with Crippen LogP contribution in [0, 0.1) is 17.3 Å². The fourth-order valence-electron chi connectivity index (χ4n) is 9.21. The normalized spacial score (nSPS) is 21.6. The maximum absolute atomic E-state index is 14.0. The fraction of sp³-hybridized carbons (Fsp3) is 0.468. The summed E-state index contributed by atoms with van der Waals surface area (Å²) >= 11 is 0. The van der Waals surface area contributed by atoms with Crippen LogP contribution in [0.25, 0.3) is 44.4 Å². The Morgan fingerprint density at radius 3 is 2.10 bits per heavy atom. The third kappa shape index (κ3) is 8.06. The predicted molar refractivity (Wildman–Crippen MR) is 228 cm³/mol. The number of rotatable bonds is 9. The first kappa shape index (κ1) is 40.1. The molecule has 2 saturated heterocycles. The lowest BCUT2D eigenvalue weighted by atomic mass is 9.95. The number of nitrogens with one attached hydrogen (secondary N) is 3. The highest BCUT2D eigenvalue weighted by Gasteiger charge is 2.55. The smallest absolute Gasteiger partial charge is 0.410 e. The maximum Gasteiger partial charge on any atom is 0.410 e. The first-order valence-electron chi connectivity index (χ1n) is 21.1. The van der Waals surface area contributed by atoms with E-state index in [1.54, 1.807) is 0 Å². The second kappa shape index (κ2) is 15.5. The molecule has 0 bridgehead atoms. The molecule has 5 atom stereocenters. The summed E-state index contributed by atoms with van der Waals surface area (Å²) in [4.78, 5) is 59.9. The number of ether oxygens (including phenoxy) is 2. The molecule has 12 nitrogen and oxygen atoms in total. The summed E-state index contributed by atoms with van der Waals surface area (Å²) in [7, 11) is 1.31. The minimum Gasteiger partial charge on any atom is -0.453 e. The molecule has 3 amide bonds. The highest BCUT2D eigenvalue weighted by atomic mass is 16.6. The van der Waals surface area contributed by atoms with Crippen molar-refractivity contribution in [3.8, 4) is 33.6 Å². The van der Waals surface area contributed by atoms with Gasteiger partial charge in [0.2, 0.25) is 5.91 Å². The molecule has 12 heteroatoms. The summed E-state index contributed by atoms with van der Waals surface area (Å²) in [5, 5.41) is 5.01. The number of aromatic amines is 2. The van der Waals surface area contributed by atoms with Gasteiger partial charge < -0.3 is 29.7 Å². The van der Waals surface area contributed by atoms with Crippen molar-refractivity contribution in [2.45, 2.75) is 110 Å². The summed E-state index contributed by atoms with van der Waals surface area (Å²) in [6.45, 7) is 14.5. The molecule has 2 aliphatic heterocycles. The van der Waals surface area contributed by atoms with Gasteiger partial charge in [-0.3, -0.25) is 9.69 Å². The third-order valence-electron chi connectivity index (χ3n) is 12.6. The Labute approximate surface area is 346 Å². The van der Waals surface area contributed by atoms with Crippen LogP contribution in [0.1, 0.15) is 104 Å². The standard InChI is InChI=1S/C47H57N7O5/c1-9-29-20-28(4)54(43(55)39(27(2)3)52-44(56)58-8)40(29)42-49-24-36(51-42)31-12-10-30(11-13-31)32-14-15-34-22-35(17-16-33(34)21-32)37-25-48-41(50-37)38-23-47(18-19-47)26-53(38)45(57)59-46(5,6)7/h10-17,21-22,24-25,27-29,38-40H,9,18-20,23,26H2,1-8H3,(H,48,50)(H,49,51)(H,52,56). The molecular formula is C47H57N7O5. The lowest BCUT2D eigenvalue weighted by Gasteiger charge is -2.33. The molecule has 3 fully saturated rings. The Hall–Kier alpha value is -5.65. The second-order valence-corrected chi connectivity index (χ2v) is 18.3. The number of aromatic nitrogens is 4. The molecule has 1 spiro atoms. The number of likely N-dealkylation sites (tertiary alicyclic amines) is 2. The summed E-state index contributed by atoms with van der Waals surface area (Å²) in [6, 6.07) is 20.3. The molecule has 0 radical (unpaired) electrons. The zero-order valence-corrected chi connectivity index (χ0v) is 35.5. The van der Waals surface area contributed by atoms with Crippen LogP contribution in [0.3, 0.4) is 0 Å². The molecule has 1 aliphatic carbocycles. The highest BCUT2D eigenvalue weighted by molar-refractivity contribution is 5.91. The number of methoxy groups -OCH3 is 1. The number of fused-ring (bicyclic) bond motifs is 1. The van der Waals surface area contributed by atoms with Crippen molar-refractivity contribution >= 4 is 28.9 Å². The van der Waals surface area contributed by atoms with Crippen LogP contribution in [0.2, 0.25) is 0 Å². The van der Waals surface area contributed by atoms with Crippen molar-refractivity contribution < 1.29 is 23.9 Å². The minimum atomic E-state index is -0.705. The van der Waals surface area contributed by atoms with Gasteiger partial charge in [0.25, 0.3) is 0 Å². The Morgan fingerprint density at radius 2 is 1.47 bits per heavy atom. The van der Waals surface area contributed by atoms with Crippen molar-refractivity contribution in [3.05, 3.63) is 84.7 Å². The van der Waals surface area contributed by atoms with E-state index >= 15 is 0 Å². The van der Waals surface area contributed by atoms with Gasteiger partial charge in [0.15, 0.2) is 0 Å². The number of amides is 3. The van der Waals surface area contributed by atoms with Crippen LogP contribution in [-0.4, -0.2) is 79.2 Å². The van der Waals surface area contributed by atoms with Crippen LogP contribution in [0.4, 0.5) is 9.59 Å². The maximum atomic E-state index is 14.0. The van der Waals surface area contributed by atoms with Gasteiger partial charge >= 0.3 is 12.2 Å². The topological polar surface area (TPSA) is 146 Å². The summed E-state index contributed by atoms with van der Waals surface area (Å²) in [5.74, 6) is 1.55. The van der Waals surface area contributed by atoms with Crippen molar-refractivity contribution in [1.82, 2.24) is 35.1 Å². The van der Waals surface area contributed by atoms with E-state index in [1.165, 1.54) is 7.11 Å². The molecule has 5 aromatic rings. The van der Waals surface area contributed by atoms with Crippen LogP contribution in [0.15, 0.2) is 73.1 Å². The number of imidazole rings is 2. The first-order chi connectivity index (χ1) is 28.2. The van der Waals surface area contributed by atoms with E-state index in [1.807, 2.05) is 56.8 Å². The number of nitrogens with zero attached hydrogens (tertiary/aromatic N) is 4. The monoisotopic (exact) mass is 799 g/mol. The second-order valence-electron chi connectivity index (χ2n) is 18.3. The van der Waals surface area contributed by atoms with E-state index in [0.29, 0.717) is 6.54 Å². The third-order valence-corrected chi connectivity index (χ3v) is 12.6. The van der Waals surface area contributed by atoms with Crippen molar-refractivity contribution in [1.29, 1.82) is 0 Å².